The second-order valence-corrected chi connectivity index (χ2v) is 2.57. The molecule has 0 fully saturated rings. The van der Waals surface area contributed by atoms with Gasteiger partial charge in [-0.3, -0.25) is 9.59 Å². The maximum atomic E-state index is 11.0. The van der Waals surface area contributed by atoms with Crippen LogP contribution in [0.2, 0.25) is 0 Å². The molecule has 0 radical (unpaired) electrons. The molecular formula is C9H11N3O3. The predicted octanol–water partition coefficient (Wildman–Crippen LogP) is -0.134. The van der Waals surface area contributed by atoms with E-state index in [0.29, 0.717) is 12.3 Å². The van der Waals surface area contributed by atoms with Crippen molar-refractivity contribution in [2.24, 2.45) is 5.10 Å². The third-order valence-corrected chi connectivity index (χ3v) is 1.44. The van der Waals surface area contributed by atoms with Crippen LogP contribution in [0.4, 0.5) is 0 Å². The Labute approximate surface area is 86.3 Å². The summed E-state index contributed by atoms with van der Waals surface area (Å²) in [5.41, 5.74) is 2.06. The van der Waals surface area contributed by atoms with Crippen LogP contribution in [-0.2, 0) is 9.59 Å². The highest BCUT2D eigenvalue weighted by Gasteiger charge is 2.09. The molecule has 15 heavy (non-hydrogen) atoms. The van der Waals surface area contributed by atoms with Crippen molar-refractivity contribution in [3.05, 3.63) is 24.2 Å². The molecule has 1 heterocycles. The minimum atomic E-state index is -0.806. The first-order valence-electron chi connectivity index (χ1n) is 4.38. The van der Waals surface area contributed by atoms with Crippen molar-refractivity contribution in [3.63, 3.8) is 0 Å². The van der Waals surface area contributed by atoms with Crippen LogP contribution < -0.4 is 10.7 Å². The van der Waals surface area contributed by atoms with Gasteiger partial charge in [-0.2, -0.15) is 5.10 Å². The summed E-state index contributed by atoms with van der Waals surface area (Å²) in [7, 11) is 0. The fourth-order valence-corrected chi connectivity index (χ4v) is 0.811. The Kier molecular flexibility index (Phi) is 4.08. The topological polar surface area (TPSA) is 83.7 Å². The third kappa shape index (κ3) is 3.63. The van der Waals surface area contributed by atoms with Crippen LogP contribution in [0, 0.1) is 0 Å². The minimum Gasteiger partial charge on any atom is -0.463 e. The van der Waals surface area contributed by atoms with Gasteiger partial charge >= 0.3 is 11.8 Å². The van der Waals surface area contributed by atoms with Gasteiger partial charge in [0.15, 0.2) is 0 Å². The van der Waals surface area contributed by atoms with Gasteiger partial charge in [-0.05, 0) is 19.1 Å². The van der Waals surface area contributed by atoms with E-state index >= 15 is 0 Å². The molecule has 0 aliphatic heterocycles. The van der Waals surface area contributed by atoms with Gasteiger partial charge in [0.25, 0.3) is 0 Å². The van der Waals surface area contributed by atoms with Crippen molar-refractivity contribution in [3.8, 4) is 0 Å². The SMILES string of the molecule is CCNC(=O)C(=O)N/N=C/c1ccco1. The van der Waals surface area contributed by atoms with Crippen LogP contribution in [-0.4, -0.2) is 24.6 Å². The van der Waals surface area contributed by atoms with Crippen LogP contribution >= 0.6 is 0 Å². The summed E-state index contributed by atoms with van der Waals surface area (Å²) in [4.78, 5) is 21.9. The number of hydrazone groups is 1. The Bertz CT molecular complexity index is 357. The van der Waals surface area contributed by atoms with E-state index in [0.717, 1.165) is 0 Å². The molecule has 6 nitrogen and oxygen atoms in total. The maximum absolute atomic E-state index is 11.0. The highest BCUT2D eigenvalue weighted by molar-refractivity contribution is 6.35. The zero-order chi connectivity index (χ0) is 11.1. The van der Waals surface area contributed by atoms with Crippen molar-refractivity contribution in [1.82, 2.24) is 10.7 Å². The molecule has 1 aromatic rings. The zero-order valence-electron chi connectivity index (χ0n) is 8.19. The van der Waals surface area contributed by atoms with Gasteiger partial charge < -0.3 is 9.73 Å². The Morgan fingerprint density at radius 1 is 1.53 bits per heavy atom. The first-order valence-corrected chi connectivity index (χ1v) is 4.38. The lowest BCUT2D eigenvalue weighted by Gasteiger charge is -1.98. The fraction of sp³-hybridized carbons (Fsp3) is 0.222. The van der Waals surface area contributed by atoms with Gasteiger partial charge in [0.2, 0.25) is 0 Å². The Morgan fingerprint density at radius 2 is 2.33 bits per heavy atom. The average molecular weight is 209 g/mol. The summed E-state index contributed by atoms with van der Waals surface area (Å²) in [5, 5.41) is 5.88. The monoisotopic (exact) mass is 209 g/mol. The van der Waals surface area contributed by atoms with E-state index in [2.05, 4.69) is 15.8 Å². The van der Waals surface area contributed by atoms with E-state index in [1.807, 2.05) is 0 Å². The van der Waals surface area contributed by atoms with Crippen LogP contribution in [0.3, 0.4) is 0 Å². The van der Waals surface area contributed by atoms with Gasteiger partial charge in [0.1, 0.15) is 5.76 Å². The number of furan rings is 1. The molecule has 0 aromatic carbocycles. The molecular weight excluding hydrogens is 198 g/mol. The van der Waals surface area contributed by atoms with Crippen molar-refractivity contribution < 1.29 is 14.0 Å². The summed E-state index contributed by atoms with van der Waals surface area (Å²) in [5.74, 6) is -1.03. The molecule has 2 amide bonds. The van der Waals surface area contributed by atoms with Gasteiger partial charge in [-0.1, -0.05) is 0 Å². The number of nitrogens with one attached hydrogen (secondary N) is 2. The highest BCUT2D eigenvalue weighted by Crippen LogP contribution is 1.94. The normalized spacial score (nSPS) is 10.2. The van der Waals surface area contributed by atoms with Gasteiger partial charge in [-0.25, -0.2) is 5.43 Å². The van der Waals surface area contributed by atoms with Gasteiger partial charge in [0.05, 0.1) is 12.5 Å². The molecule has 6 heteroatoms. The van der Waals surface area contributed by atoms with E-state index in [1.165, 1.54) is 12.5 Å². The quantitative estimate of drug-likeness (QED) is 0.413. The van der Waals surface area contributed by atoms with Gasteiger partial charge in [0, 0.05) is 6.54 Å². The Morgan fingerprint density at radius 3 is 2.93 bits per heavy atom. The predicted molar refractivity (Wildman–Crippen MR) is 53.1 cm³/mol. The third-order valence-electron chi connectivity index (χ3n) is 1.44. The van der Waals surface area contributed by atoms with Gasteiger partial charge in [-0.15, -0.1) is 0 Å². The first kappa shape index (κ1) is 11.0. The number of likely N-dealkylation sites (N-methyl/N-ethyl adjacent to an activating group) is 1. The molecule has 0 atom stereocenters. The van der Waals surface area contributed by atoms with E-state index in [1.54, 1.807) is 19.1 Å². The van der Waals surface area contributed by atoms with E-state index in [4.69, 9.17) is 4.42 Å². The molecule has 2 N–H and O–H groups in total. The standard InChI is InChI=1S/C9H11N3O3/c1-2-10-8(13)9(14)12-11-6-7-4-3-5-15-7/h3-6H,2H2,1H3,(H,10,13)(H,12,14)/b11-6+. The number of rotatable bonds is 3. The number of nitrogens with zero attached hydrogens (tertiary/aromatic N) is 1. The molecule has 80 valence electrons. The molecule has 0 spiro atoms. The smallest absolute Gasteiger partial charge is 0.329 e. The molecule has 0 aliphatic carbocycles. The fourth-order valence-electron chi connectivity index (χ4n) is 0.811. The number of hydrogen-bond acceptors (Lipinski definition) is 4. The summed E-state index contributed by atoms with van der Waals surface area (Å²) in [6, 6.07) is 3.36. The highest BCUT2D eigenvalue weighted by atomic mass is 16.3. The molecule has 1 aromatic heterocycles. The molecule has 0 saturated heterocycles. The van der Waals surface area contributed by atoms with Crippen LogP contribution in [0.15, 0.2) is 27.9 Å². The summed E-state index contributed by atoms with van der Waals surface area (Å²) >= 11 is 0. The van der Waals surface area contributed by atoms with Crippen molar-refractivity contribution in [1.29, 1.82) is 0 Å². The Balaban J connectivity index is 2.37. The molecule has 1 rings (SSSR count). The summed E-state index contributed by atoms with van der Waals surface area (Å²) < 4.78 is 4.92. The summed E-state index contributed by atoms with van der Waals surface area (Å²) in [6.45, 7) is 2.12. The average Bonchev–Trinajstić information content (AvgIpc) is 2.71. The lowest BCUT2D eigenvalue weighted by atomic mass is 10.5. The zero-order valence-corrected chi connectivity index (χ0v) is 8.19. The largest absolute Gasteiger partial charge is 0.463 e. The van der Waals surface area contributed by atoms with Crippen molar-refractivity contribution in [2.75, 3.05) is 6.54 Å². The maximum Gasteiger partial charge on any atom is 0.329 e. The second-order valence-electron chi connectivity index (χ2n) is 2.57. The van der Waals surface area contributed by atoms with Crippen molar-refractivity contribution >= 4 is 18.0 Å². The Hall–Kier alpha value is -2.11. The van der Waals surface area contributed by atoms with E-state index < -0.39 is 11.8 Å². The number of carbonyl (C=O) groups excluding carboxylic acids is 2. The van der Waals surface area contributed by atoms with E-state index in [-0.39, 0.29) is 0 Å². The van der Waals surface area contributed by atoms with Crippen molar-refractivity contribution in [2.45, 2.75) is 6.92 Å². The lowest BCUT2D eigenvalue weighted by molar-refractivity contribution is -0.139. The summed E-state index contributed by atoms with van der Waals surface area (Å²) in [6.07, 6.45) is 2.78. The number of hydrogen-bond donors (Lipinski definition) is 2. The number of carbonyl (C=O) groups is 2. The molecule has 0 saturated carbocycles. The number of amides is 2. The molecule has 0 aliphatic rings. The first-order chi connectivity index (χ1) is 7.24. The minimum absolute atomic E-state index is 0.397. The molecule has 0 unspecified atom stereocenters. The van der Waals surface area contributed by atoms with E-state index in [9.17, 15) is 9.59 Å². The second kappa shape index (κ2) is 5.58. The van der Waals surface area contributed by atoms with Crippen LogP contribution in [0.25, 0.3) is 0 Å². The lowest BCUT2D eigenvalue weighted by Crippen LogP contribution is -2.37. The van der Waals surface area contributed by atoms with Crippen LogP contribution in [0.1, 0.15) is 12.7 Å². The van der Waals surface area contributed by atoms with Crippen LogP contribution in [0.5, 0.6) is 0 Å². The molecule has 0 bridgehead atoms.